The van der Waals surface area contributed by atoms with Gasteiger partial charge in [-0.3, -0.25) is 0 Å². The van der Waals surface area contributed by atoms with E-state index in [0.29, 0.717) is 18.8 Å². The van der Waals surface area contributed by atoms with Gasteiger partial charge in [0.15, 0.2) is 0 Å². The number of anilines is 2. The van der Waals surface area contributed by atoms with E-state index >= 15 is 0 Å². The maximum absolute atomic E-state index is 12.9. The summed E-state index contributed by atoms with van der Waals surface area (Å²) >= 11 is 0. The number of ether oxygens (including phenoxy) is 2. The van der Waals surface area contributed by atoms with Crippen LogP contribution in [0, 0.1) is 0 Å². The number of aromatic nitrogens is 1. The van der Waals surface area contributed by atoms with Crippen molar-refractivity contribution in [3.05, 3.63) is 42.1 Å². The Balaban J connectivity index is 1.79. The number of amides is 2. The molecule has 0 unspecified atom stereocenters. The van der Waals surface area contributed by atoms with Gasteiger partial charge in [0.1, 0.15) is 22.9 Å². The Kier molecular flexibility index (Phi) is 5.12. The number of methoxy groups -OCH3 is 1. The number of pyridine rings is 1. The zero-order valence-electron chi connectivity index (χ0n) is 16.4. The quantitative estimate of drug-likeness (QED) is 0.897. The molecular weight excluding hydrogens is 344 g/mol. The second-order valence-corrected chi connectivity index (χ2v) is 7.42. The van der Waals surface area contributed by atoms with Crippen molar-refractivity contribution in [2.75, 3.05) is 38.0 Å². The van der Waals surface area contributed by atoms with Gasteiger partial charge in [-0.15, -0.1) is 0 Å². The van der Waals surface area contributed by atoms with E-state index in [1.54, 1.807) is 18.2 Å². The summed E-state index contributed by atoms with van der Waals surface area (Å²) in [6.07, 6.45) is 1.66. The topological polar surface area (TPSA) is 66.9 Å². The fraction of sp³-hybridized carbons (Fsp3) is 0.400. The third-order valence-electron chi connectivity index (χ3n) is 4.34. The molecule has 7 heteroatoms. The van der Waals surface area contributed by atoms with Crippen LogP contribution in [-0.4, -0.2) is 49.3 Å². The lowest BCUT2D eigenvalue weighted by atomic mass is 10.1. The van der Waals surface area contributed by atoms with Gasteiger partial charge >= 0.3 is 6.03 Å². The molecule has 0 saturated heterocycles. The number of rotatable bonds is 3. The van der Waals surface area contributed by atoms with Gasteiger partial charge in [-0.1, -0.05) is 0 Å². The number of carbonyl (C=O) groups excluding carboxylic acids is 1. The number of fused-ring (bicyclic) bond motifs is 1. The van der Waals surface area contributed by atoms with Crippen molar-refractivity contribution in [1.29, 1.82) is 0 Å². The SMILES string of the molecule is COc1ccc2c(c1)OC(C)(C)CN(C(=O)Nc1ccc(N(C)C)nc1)C2. The fourth-order valence-corrected chi connectivity index (χ4v) is 3.01. The molecule has 1 N–H and O–H groups in total. The summed E-state index contributed by atoms with van der Waals surface area (Å²) in [4.78, 5) is 20.8. The van der Waals surface area contributed by atoms with Crippen LogP contribution in [0.5, 0.6) is 11.5 Å². The Bertz CT molecular complexity index is 818. The van der Waals surface area contributed by atoms with Crippen LogP contribution >= 0.6 is 0 Å². The second-order valence-electron chi connectivity index (χ2n) is 7.42. The van der Waals surface area contributed by atoms with Crippen LogP contribution < -0.4 is 19.7 Å². The van der Waals surface area contributed by atoms with Crippen LogP contribution in [0.3, 0.4) is 0 Å². The van der Waals surface area contributed by atoms with E-state index < -0.39 is 5.60 Å². The van der Waals surface area contributed by atoms with Gasteiger partial charge in [-0.25, -0.2) is 9.78 Å². The molecule has 2 aromatic rings. The zero-order chi connectivity index (χ0) is 19.6. The number of benzene rings is 1. The van der Waals surface area contributed by atoms with Gasteiger partial charge in [0.05, 0.1) is 32.1 Å². The molecule has 144 valence electrons. The van der Waals surface area contributed by atoms with E-state index in [-0.39, 0.29) is 6.03 Å². The molecule has 2 heterocycles. The highest BCUT2D eigenvalue weighted by molar-refractivity contribution is 5.89. The molecule has 3 rings (SSSR count). The van der Waals surface area contributed by atoms with E-state index in [2.05, 4.69) is 10.3 Å². The number of urea groups is 1. The zero-order valence-corrected chi connectivity index (χ0v) is 16.4. The van der Waals surface area contributed by atoms with Crippen molar-refractivity contribution < 1.29 is 14.3 Å². The number of nitrogens with zero attached hydrogens (tertiary/aromatic N) is 3. The van der Waals surface area contributed by atoms with Crippen molar-refractivity contribution in [2.24, 2.45) is 0 Å². The van der Waals surface area contributed by atoms with Gasteiger partial charge in [0.25, 0.3) is 0 Å². The smallest absolute Gasteiger partial charge is 0.322 e. The van der Waals surface area contributed by atoms with Crippen molar-refractivity contribution in [1.82, 2.24) is 9.88 Å². The molecule has 0 saturated carbocycles. The van der Waals surface area contributed by atoms with E-state index in [1.807, 2.05) is 63.2 Å². The molecule has 0 fully saturated rings. The van der Waals surface area contributed by atoms with Crippen LogP contribution in [0.1, 0.15) is 19.4 Å². The highest BCUT2D eigenvalue weighted by atomic mass is 16.5. The maximum Gasteiger partial charge on any atom is 0.322 e. The highest BCUT2D eigenvalue weighted by Crippen LogP contribution is 2.32. The minimum atomic E-state index is -0.526. The minimum Gasteiger partial charge on any atom is -0.497 e. The first-order valence-corrected chi connectivity index (χ1v) is 8.83. The summed E-state index contributed by atoms with van der Waals surface area (Å²) in [6, 6.07) is 9.20. The van der Waals surface area contributed by atoms with Crippen molar-refractivity contribution in [2.45, 2.75) is 26.0 Å². The molecule has 1 aromatic heterocycles. The molecule has 27 heavy (non-hydrogen) atoms. The van der Waals surface area contributed by atoms with E-state index in [1.165, 1.54) is 0 Å². The first-order valence-electron chi connectivity index (χ1n) is 8.83. The molecule has 0 atom stereocenters. The van der Waals surface area contributed by atoms with Crippen LogP contribution in [0.2, 0.25) is 0 Å². The lowest BCUT2D eigenvalue weighted by Crippen LogP contribution is -2.44. The van der Waals surface area contributed by atoms with Gasteiger partial charge in [-0.05, 0) is 38.1 Å². The van der Waals surface area contributed by atoms with Crippen LogP contribution in [0.25, 0.3) is 0 Å². The number of hydrogen-bond donors (Lipinski definition) is 1. The molecule has 2 amide bonds. The number of hydrogen-bond acceptors (Lipinski definition) is 5. The van der Waals surface area contributed by atoms with E-state index in [4.69, 9.17) is 9.47 Å². The lowest BCUT2D eigenvalue weighted by molar-refractivity contribution is 0.0833. The Morgan fingerprint density at radius 3 is 2.70 bits per heavy atom. The monoisotopic (exact) mass is 370 g/mol. The first-order chi connectivity index (χ1) is 12.8. The highest BCUT2D eigenvalue weighted by Gasteiger charge is 2.31. The lowest BCUT2D eigenvalue weighted by Gasteiger charge is -2.29. The Morgan fingerprint density at radius 2 is 2.07 bits per heavy atom. The predicted octanol–water partition coefficient (Wildman–Crippen LogP) is 3.36. The summed E-state index contributed by atoms with van der Waals surface area (Å²) < 4.78 is 11.4. The summed E-state index contributed by atoms with van der Waals surface area (Å²) in [5, 5.41) is 2.92. The Morgan fingerprint density at radius 1 is 1.30 bits per heavy atom. The maximum atomic E-state index is 12.9. The molecular formula is C20H26N4O3. The average molecular weight is 370 g/mol. The minimum absolute atomic E-state index is 0.185. The molecule has 0 spiro atoms. The summed E-state index contributed by atoms with van der Waals surface area (Å²) in [7, 11) is 5.47. The van der Waals surface area contributed by atoms with Crippen LogP contribution in [0.4, 0.5) is 16.3 Å². The average Bonchev–Trinajstić information content (AvgIpc) is 2.75. The molecule has 7 nitrogen and oxygen atoms in total. The first kappa shape index (κ1) is 18.8. The summed E-state index contributed by atoms with van der Waals surface area (Å²) in [5.74, 6) is 2.31. The summed E-state index contributed by atoms with van der Waals surface area (Å²) in [6.45, 7) is 4.85. The summed E-state index contributed by atoms with van der Waals surface area (Å²) in [5.41, 5.74) is 1.07. The fourth-order valence-electron chi connectivity index (χ4n) is 3.01. The number of carbonyl (C=O) groups is 1. The van der Waals surface area contributed by atoms with Crippen LogP contribution in [-0.2, 0) is 6.54 Å². The Hall–Kier alpha value is -2.96. The standard InChI is InChI=1S/C20H26N4O3/c1-20(2)13-24(12-14-6-8-16(26-5)10-17(14)27-20)19(25)22-15-7-9-18(21-11-15)23(3)4/h6-11H,12-13H2,1-5H3,(H,22,25). The van der Waals surface area contributed by atoms with Crippen molar-refractivity contribution in [3.63, 3.8) is 0 Å². The molecule has 1 aliphatic rings. The Labute approximate surface area is 159 Å². The molecule has 1 aliphatic heterocycles. The second kappa shape index (κ2) is 7.34. The third-order valence-corrected chi connectivity index (χ3v) is 4.34. The largest absolute Gasteiger partial charge is 0.497 e. The number of nitrogens with one attached hydrogen (secondary N) is 1. The van der Waals surface area contributed by atoms with E-state index in [9.17, 15) is 4.79 Å². The van der Waals surface area contributed by atoms with Gasteiger partial charge in [-0.2, -0.15) is 0 Å². The van der Waals surface area contributed by atoms with E-state index in [0.717, 1.165) is 22.9 Å². The predicted molar refractivity (Wildman–Crippen MR) is 106 cm³/mol. The van der Waals surface area contributed by atoms with Gasteiger partial charge in [0, 0.05) is 25.7 Å². The van der Waals surface area contributed by atoms with Crippen molar-refractivity contribution >= 4 is 17.5 Å². The molecule has 1 aromatic carbocycles. The van der Waals surface area contributed by atoms with Crippen LogP contribution in [0.15, 0.2) is 36.5 Å². The van der Waals surface area contributed by atoms with Gasteiger partial charge in [0.2, 0.25) is 0 Å². The molecule has 0 radical (unpaired) electrons. The van der Waals surface area contributed by atoms with Crippen molar-refractivity contribution in [3.8, 4) is 11.5 Å². The normalized spacial score (nSPS) is 15.2. The molecule has 0 aliphatic carbocycles. The molecule has 0 bridgehead atoms. The third kappa shape index (κ3) is 4.42. The van der Waals surface area contributed by atoms with Gasteiger partial charge < -0.3 is 24.6 Å².